The zero-order valence-corrected chi connectivity index (χ0v) is 12.6. The van der Waals surface area contributed by atoms with E-state index in [2.05, 4.69) is 33.0 Å². The summed E-state index contributed by atoms with van der Waals surface area (Å²) in [4.78, 5) is 5.76. The van der Waals surface area contributed by atoms with Gasteiger partial charge in [-0.1, -0.05) is 22.0 Å². The Bertz CT molecular complexity index is 497. The molecule has 1 aromatic carbocycles. The van der Waals surface area contributed by atoms with Crippen molar-refractivity contribution in [3.8, 4) is 0 Å². The van der Waals surface area contributed by atoms with Crippen molar-refractivity contribution >= 4 is 39.0 Å². The van der Waals surface area contributed by atoms with Crippen LogP contribution in [-0.2, 0) is 5.75 Å². The second-order valence-electron chi connectivity index (χ2n) is 3.70. The van der Waals surface area contributed by atoms with Crippen LogP contribution >= 0.6 is 39.0 Å². The van der Waals surface area contributed by atoms with Crippen LogP contribution in [0.2, 0.25) is 0 Å². The van der Waals surface area contributed by atoms with Crippen molar-refractivity contribution in [1.82, 2.24) is 4.98 Å². The minimum atomic E-state index is 0.0240. The van der Waals surface area contributed by atoms with E-state index in [9.17, 15) is 0 Å². The summed E-state index contributed by atoms with van der Waals surface area (Å²) in [5, 5.41) is 3.17. The van der Waals surface area contributed by atoms with Gasteiger partial charge in [0.05, 0.1) is 11.4 Å². The van der Waals surface area contributed by atoms with E-state index in [1.165, 1.54) is 4.90 Å². The van der Waals surface area contributed by atoms with Crippen LogP contribution in [0.4, 0.5) is 0 Å². The van der Waals surface area contributed by atoms with Crippen molar-refractivity contribution < 1.29 is 0 Å². The first kappa shape index (κ1) is 13.1. The molecule has 0 bridgehead atoms. The Hall–Kier alpha value is -0.360. The molecular weight excluding hydrogens is 316 g/mol. The second kappa shape index (κ2) is 6.00. The van der Waals surface area contributed by atoms with Gasteiger partial charge in [0.25, 0.3) is 0 Å². The lowest BCUT2D eigenvalue weighted by atomic mass is 10.3. The molecule has 0 aliphatic rings. The lowest BCUT2D eigenvalue weighted by molar-refractivity contribution is 0.785. The van der Waals surface area contributed by atoms with Gasteiger partial charge < -0.3 is 5.73 Å². The van der Waals surface area contributed by atoms with E-state index < -0.39 is 0 Å². The van der Waals surface area contributed by atoms with E-state index >= 15 is 0 Å². The lowest BCUT2D eigenvalue weighted by Crippen LogP contribution is -2.05. The van der Waals surface area contributed by atoms with Crippen molar-refractivity contribution in [2.75, 3.05) is 0 Å². The van der Waals surface area contributed by atoms with Crippen LogP contribution in [-0.4, -0.2) is 4.98 Å². The van der Waals surface area contributed by atoms with E-state index in [0.29, 0.717) is 0 Å². The summed E-state index contributed by atoms with van der Waals surface area (Å²) in [6, 6.07) is 8.32. The highest BCUT2D eigenvalue weighted by atomic mass is 79.9. The van der Waals surface area contributed by atoms with Crippen LogP contribution in [0, 0.1) is 0 Å². The third-order valence-corrected chi connectivity index (χ3v) is 4.74. The Morgan fingerprint density at radius 2 is 2.35 bits per heavy atom. The highest BCUT2D eigenvalue weighted by molar-refractivity contribution is 9.10. The monoisotopic (exact) mass is 328 g/mol. The maximum atomic E-state index is 5.79. The Balaban J connectivity index is 1.97. The summed E-state index contributed by atoms with van der Waals surface area (Å²) in [5.74, 6) is 0.897. The Kier molecular flexibility index (Phi) is 4.62. The van der Waals surface area contributed by atoms with Gasteiger partial charge in [-0.15, -0.1) is 23.1 Å². The number of halogens is 1. The Morgan fingerprint density at radius 3 is 3.00 bits per heavy atom. The fourth-order valence-corrected chi connectivity index (χ4v) is 3.72. The molecule has 90 valence electrons. The summed E-state index contributed by atoms with van der Waals surface area (Å²) in [5.41, 5.74) is 6.77. The first-order valence-corrected chi connectivity index (χ1v) is 7.89. The normalized spacial score (nSPS) is 12.6. The number of hydrogen-bond acceptors (Lipinski definition) is 4. The number of nitrogens with two attached hydrogens (primary N) is 1. The average Bonchev–Trinajstić information content (AvgIpc) is 2.75. The van der Waals surface area contributed by atoms with Gasteiger partial charge >= 0.3 is 0 Å². The van der Waals surface area contributed by atoms with Crippen LogP contribution in [0.25, 0.3) is 0 Å². The molecule has 1 atom stereocenters. The summed E-state index contributed by atoms with van der Waals surface area (Å²) >= 11 is 6.94. The molecule has 1 unspecified atom stereocenters. The summed E-state index contributed by atoms with van der Waals surface area (Å²) in [6.07, 6.45) is 0. The van der Waals surface area contributed by atoms with Crippen molar-refractivity contribution in [1.29, 1.82) is 0 Å². The largest absolute Gasteiger partial charge is 0.323 e. The Morgan fingerprint density at radius 1 is 1.53 bits per heavy atom. The van der Waals surface area contributed by atoms with Gasteiger partial charge in [0.2, 0.25) is 0 Å². The first-order chi connectivity index (χ1) is 8.15. The van der Waals surface area contributed by atoms with E-state index in [1.807, 2.05) is 24.4 Å². The quantitative estimate of drug-likeness (QED) is 0.854. The molecule has 2 aromatic rings. The molecule has 0 amide bonds. The molecule has 0 radical (unpaired) electrons. The summed E-state index contributed by atoms with van der Waals surface area (Å²) in [7, 11) is 0. The average molecular weight is 329 g/mol. The van der Waals surface area contributed by atoms with Gasteiger partial charge in [-0.25, -0.2) is 4.98 Å². The molecule has 2 rings (SSSR count). The van der Waals surface area contributed by atoms with Crippen molar-refractivity contribution in [2.24, 2.45) is 5.73 Å². The Labute approximate surface area is 118 Å². The van der Waals surface area contributed by atoms with Crippen LogP contribution in [0.5, 0.6) is 0 Å². The van der Waals surface area contributed by atoms with E-state index in [1.54, 1.807) is 23.1 Å². The molecule has 0 spiro atoms. The molecule has 0 aliphatic heterocycles. The number of benzene rings is 1. The third-order valence-electron chi connectivity index (χ3n) is 2.19. The van der Waals surface area contributed by atoms with E-state index in [0.717, 1.165) is 20.9 Å². The fraction of sp³-hybridized carbons (Fsp3) is 0.250. The second-order valence-corrected chi connectivity index (χ2v) is 6.61. The first-order valence-electron chi connectivity index (χ1n) is 5.23. The molecule has 17 heavy (non-hydrogen) atoms. The molecule has 1 aromatic heterocycles. The zero-order valence-electron chi connectivity index (χ0n) is 9.39. The van der Waals surface area contributed by atoms with Crippen molar-refractivity contribution in [3.05, 3.63) is 44.8 Å². The predicted octanol–water partition coefficient (Wildman–Crippen LogP) is 4.22. The van der Waals surface area contributed by atoms with Crippen LogP contribution in [0.15, 0.2) is 39.0 Å². The third kappa shape index (κ3) is 3.81. The zero-order chi connectivity index (χ0) is 12.3. The van der Waals surface area contributed by atoms with Gasteiger partial charge in [0, 0.05) is 20.8 Å². The molecule has 0 aliphatic carbocycles. The molecule has 0 fully saturated rings. The van der Waals surface area contributed by atoms with E-state index in [4.69, 9.17) is 5.73 Å². The van der Waals surface area contributed by atoms with Crippen LogP contribution < -0.4 is 5.73 Å². The molecule has 1 heterocycles. The SMILES string of the molecule is CC(N)c1csc(CSc2cccc(Br)c2)n1. The van der Waals surface area contributed by atoms with Gasteiger partial charge in [0.1, 0.15) is 5.01 Å². The van der Waals surface area contributed by atoms with Gasteiger partial charge in [0.15, 0.2) is 0 Å². The highest BCUT2D eigenvalue weighted by Crippen LogP contribution is 2.27. The number of nitrogens with zero attached hydrogens (tertiary/aromatic N) is 1. The number of hydrogen-bond donors (Lipinski definition) is 1. The predicted molar refractivity (Wildman–Crippen MR) is 78.4 cm³/mol. The standard InChI is InChI=1S/C12H13BrN2S2/c1-8(14)11-6-17-12(15-11)7-16-10-4-2-3-9(13)5-10/h2-6,8H,7,14H2,1H3. The van der Waals surface area contributed by atoms with Crippen molar-refractivity contribution in [3.63, 3.8) is 0 Å². The number of aromatic nitrogens is 1. The van der Waals surface area contributed by atoms with Gasteiger partial charge in [-0.2, -0.15) is 0 Å². The van der Waals surface area contributed by atoms with E-state index in [-0.39, 0.29) is 6.04 Å². The van der Waals surface area contributed by atoms with Gasteiger partial charge in [-0.05, 0) is 25.1 Å². The minimum Gasteiger partial charge on any atom is -0.323 e. The number of thiazole rings is 1. The number of rotatable bonds is 4. The molecular formula is C12H13BrN2S2. The van der Waals surface area contributed by atoms with Crippen molar-refractivity contribution in [2.45, 2.75) is 23.6 Å². The van der Waals surface area contributed by atoms with Crippen LogP contribution in [0.3, 0.4) is 0 Å². The molecule has 2 N–H and O–H groups in total. The molecule has 0 saturated heterocycles. The summed E-state index contributed by atoms with van der Waals surface area (Å²) < 4.78 is 1.11. The molecule has 0 saturated carbocycles. The molecule has 5 heteroatoms. The van der Waals surface area contributed by atoms with Crippen LogP contribution in [0.1, 0.15) is 23.7 Å². The topological polar surface area (TPSA) is 38.9 Å². The molecule has 2 nitrogen and oxygen atoms in total. The minimum absolute atomic E-state index is 0.0240. The smallest absolute Gasteiger partial charge is 0.103 e. The lowest BCUT2D eigenvalue weighted by Gasteiger charge is -2.00. The van der Waals surface area contributed by atoms with Gasteiger partial charge in [-0.3, -0.25) is 0 Å². The number of thioether (sulfide) groups is 1. The summed E-state index contributed by atoms with van der Waals surface area (Å²) in [6.45, 7) is 1.96. The maximum absolute atomic E-state index is 5.79. The maximum Gasteiger partial charge on any atom is 0.103 e. The highest BCUT2D eigenvalue weighted by Gasteiger charge is 2.06. The fourth-order valence-electron chi connectivity index (χ4n) is 1.30.